The van der Waals surface area contributed by atoms with E-state index in [9.17, 15) is 0 Å². The van der Waals surface area contributed by atoms with E-state index in [-0.39, 0.29) is 6.23 Å². The average molecular weight is 312 g/mol. The van der Waals surface area contributed by atoms with Gasteiger partial charge in [0.2, 0.25) is 0 Å². The van der Waals surface area contributed by atoms with E-state index < -0.39 is 0 Å². The summed E-state index contributed by atoms with van der Waals surface area (Å²) >= 11 is 12.3. The van der Waals surface area contributed by atoms with E-state index in [1.807, 2.05) is 0 Å². The van der Waals surface area contributed by atoms with Crippen LogP contribution in [-0.4, -0.2) is 21.1 Å². The average Bonchev–Trinajstić information content (AvgIpc) is 3.21. The van der Waals surface area contributed by atoms with Crippen LogP contribution in [0.15, 0.2) is 6.07 Å². The third-order valence-electron chi connectivity index (χ3n) is 3.98. The van der Waals surface area contributed by atoms with Gasteiger partial charge in [-0.3, -0.25) is 4.57 Å². The minimum absolute atomic E-state index is 0.0198. The first kappa shape index (κ1) is 12.9. The van der Waals surface area contributed by atoms with Crippen molar-refractivity contribution in [3.05, 3.63) is 22.1 Å². The molecule has 1 saturated carbocycles. The summed E-state index contributed by atoms with van der Waals surface area (Å²) in [5.74, 6) is 1.58. The Balaban J connectivity index is 1.92. The number of aromatic nitrogens is 3. The lowest BCUT2D eigenvalue weighted by Crippen LogP contribution is -2.20. The van der Waals surface area contributed by atoms with Gasteiger partial charge in [-0.05, 0) is 38.2 Å². The van der Waals surface area contributed by atoms with Crippen LogP contribution >= 0.6 is 23.2 Å². The molecule has 4 rings (SSSR count). The van der Waals surface area contributed by atoms with Crippen molar-refractivity contribution in [2.45, 2.75) is 44.2 Å². The molecule has 0 spiro atoms. The second kappa shape index (κ2) is 4.86. The maximum absolute atomic E-state index is 6.27. The van der Waals surface area contributed by atoms with Gasteiger partial charge in [0.1, 0.15) is 22.7 Å². The number of pyridine rings is 1. The van der Waals surface area contributed by atoms with Gasteiger partial charge in [-0.2, -0.15) is 0 Å². The first-order valence-corrected chi connectivity index (χ1v) is 7.85. The lowest BCUT2D eigenvalue weighted by atomic mass is 10.2. The van der Waals surface area contributed by atoms with Gasteiger partial charge in [-0.25, -0.2) is 9.97 Å². The van der Waals surface area contributed by atoms with Crippen LogP contribution in [-0.2, 0) is 4.74 Å². The summed E-state index contributed by atoms with van der Waals surface area (Å²) < 4.78 is 8.05. The highest BCUT2D eigenvalue weighted by Crippen LogP contribution is 2.43. The topological polar surface area (TPSA) is 39.9 Å². The molecule has 0 bridgehead atoms. The Labute approximate surface area is 127 Å². The van der Waals surface area contributed by atoms with Crippen LogP contribution in [0.3, 0.4) is 0 Å². The summed E-state index contributed by atoms with van der Waals surface area (Å²) in [5.41, 5.74) is 1.50. The molecule has 0 N–H and O–H groups in total. The largest absolute Gasteiger partial charge is 0.358 e. The van der Waals surface area contributed by atoms with Crippen LogP contribution < -0.4 is 0 Å². The van der Waals surface area contributed by atoms with E-state index in [1.54, 1.807) is 6.07 Å². The normalized spacial score (nSPS) is 23.4. The number of imidazole rings is 1. The van der Waals surface area contributed by atoms with E-state index in [2.05, 4.69) is 9.55 Å². The maximum atomic E-state index is 6.27. The van der Waals surface area contributed by atoms with Crippen LogP contribution in [0.5, 0.6) is 0 Å². The summed E-state index contributed by atoms with van der Waals surface area (Å²) in [6.07, 6.45) is 5.67. The van der Waals surface area contributed by atoms with Gasteiger partial charge >= 0.3 is 0 Å². The number of fused-ring (bicyclic) bond motifs is 1. The number of hydrogen-bond donors (Lipinski definition) is 0. The van der Waals surface area contributed by atoms with Gasteiger partial charge in [-0.1, -0.05) is 23.2 Å². The third-order valence-corrected chi connectivity index (χ3v) is 4.47. The number of hydrogen-bond acceptors (Lipinski definition) is 3. The second-order valence-electron chi connectivity index (χ2n) is 5.53. The van der Waals surface area contributed by atoms with Crippen molar-refractivity contribution in [1.29, 1.82) is 0 Å². The molecule has 0 radical (unpaired) electrons. The van der Waals surface area contributed by atoms with Crippen LogP contribution in [0.2, 0.25) is 10.2 Å². The van der Waals surface area contributed by atoms with Crippen molar-refractivity contribution in [1.82, 2.24) is 14.5 Å². The fraction of sp³-hybridized carbons (Fsp3) is 0.571. The van der Waals surface area contributed by atoms with Gasteiger partial charge in [-0.15, -0.1) is 0 Å². The standard InChI is InChI=1S/C14H15Cl2N3O/c15-9-7-10(16)17-14-12(9)18-13(8-4-5-8)19(14)11-3-1-2-6-20-11/h7-8,11H,1-6H2. The minimum Gasteiger partial charge on any atom is -0.358 e. The zero-order valence-electron chi connectivity index (χ0n) is 11.0. The molecule has 20 heavy (non-hydrogen) atoms. The van der Waals surface area contributed by atoms with Gasteiger partial charge in [0.25, 0.3) is 0 Å². The van der Waals surface area contributed by atoms with Crippen molar-refractivity contribution < 1.29 is 4.74 Å². The lowest BCUT2D eigenvalue weighted by Gasteiger charge is -2.25. The van der Waals surface area contributed by atoms with E-state index in [1.165, 1.54) is 19.3 Å². The molecule has 0 amide bonds. The van der Waals surface area contributed by atoms with E-state index in [0.717, 1.165) is 36.4 Å². The van der Waals surface area contributed by atoms with Crippen LogP contribution in [0, 0.1) is 0 Å². The first-order valence-electron chi connectivity index (χ1n) is 7.09. The van der Waals surface area contributed by atoms with Crippen molar-refractivity contribution in [2.75, 3.05) is 6.61 Å². The lowest BCUT2D eigenvalue weighted by molar-refractivity contribution is -0.0313. The molecular formula is C14H15Cl2N3O. The SMILES string of the molecule is Clc1cc(Cl)c2nc(C3CC3)n(C3CCCCO3)c2n1. The molecule has 3 heterocycles. The molecule has 0 aromatic carbocycles. The van der Waals surface area contributed by atoms with Gasteiger partial charge in [0.15, 0.2) is 5.65 Å². The number of halogens is 2. The first-order chi connectivity index (χ1) is 9.74. The summed E-state index contributed by atoms with van der Waals surface area (Å²) in [6, 6.07) is 1.65. The zero-order chi connectivity index (χ0) is 13.7. The Morgan fingerprint density at radius 1 is 1.15 bits per heavy atom. The van der Waals surface area contributed by atoms with Crippen molar-refractivity contribution >= 4 is 34.4 Å². The molecule has 1 unspecified atom stereocenters. The Hall–Kier alpha value is -0.840. The maximum Gasteiger partial charge on any atom is 0.165 e. The molecule has 6 heteroatoms. The second-order valence-corrected chi connectivity index (χ2v) is 6.33. The van der Waals surface area contributed by atoms with Crippen molar-refractivity contribution in [2.24, 2.45) is 0 Å². The highest BCUT2D eigenvalue weighted by atomic mass is 35.5. The predicted octanol–water partition coefficient (Wildman–Crippen LogP) is 4.31. The smallest absolute Gasteiger partial charge is 0.165 e. The fourth-order valence-electron chi connectivity index (χ4n) is 2.86. The van der Waals surface area contributed by atoms with Crippen LogP contribution in [0.25, 0.3) is 11.2 Å². The third kappa shape index (κ3) is 2.10. The predicted molar refractivity (Wildman–Crippen MR) is 78.4 cm³/mol. The number of nitrogens with zero attached hydrogens (tertiary/aromatic N) is 3. The summed E-state index contributed by atoms with van der Waals surface area (Å²) in [7, 11) is 0. The molecule has 1 aliphatic carbocycles. The number of ether oxygens (including phenoxy) is 1. The molecule has 2 aliphatic rings. The van der Waals surface area contributed by atoms with Gasteiger partial charge in [0, 0.05) is 12.5 Å². The molecule has 2 aromatic rings. The van der Waals surface area contributed by atoms with E-state index in [0.29, 0.717) is 16.1 Å². The molecule has 106 valence electrons. The molecule has 4 nitrogen and oxygen atoms in total. The highest BCUT2D eigenvalue weighted by Gasteiger charge is 2.33. The number of rotatable bonds is 2. The van der Waals surface area contributed by atoms with E-state index in [4.69, 9.17) is 32.9 Å². The highest BCUT2D eigenvalue weighted by molar-refractivity contribution is 6.37. The Bertz CT molecular complexity index is 660. The molecular weight excluding hydrogens is 297 g/mol. The summed E-state index contributed by atoms with van der Waals surface area (Å²) in [6.45, 7) is 0.794. The van der Waals surface area contributed by atoms with Gasteiger partial charge < -0.3 is 4.74 Å². The molecule has 2 aromatic heterocycles. The Kier molecular flexibility index (Phi) is 3.13. The molecule has 1 atom stereocenters. The fourth-order valence-corrected chi connectivity index (χ4v) is 3.33. The van der Waals surface area contributed by atoms with Gasteiger partial charge in [0.05, 0.1) is 5.02 Å². The Morgan fingerprint density at radius 2 is 2.00 bits per heavy atom. The van der Waals surface area contributed by atoms with Crippen molar-refractivity contribution in [3.8, 4) is 0 Å². The molecule has 2 fully saturated rings. The molecule has 1 saturated heterocycles. The Morgan fingerprint density at radius 3 is 2.70 bits per heavy atom. The van der Waals surface area contributed by atoms with Crippen LogP contribution in [0.1, 0.15) is 50.1 Å². The zero-order valence-corrected chi connectivity index (χ0v) is 12.5. The summed E-state index contributed by atoms with van der Waals surface area (Å²) in [5, 5.41) is 0.971. The van der Waals surface area contributed by atoms with E-state index >= 15 is 0 Å². The minimum atomic E-state index is 0.0198. The quantitative estimate of drug-likeness (QED) is 0.776. The summed E-state index contributed by atoms with van der Waals surface area (Å²) in [4.78, 5) is 9.16. The molecule has 1 aliphatic heterocycles. The van der Waals surface area contributed by atoms with Crippen LogP contribution in [0.4, 0.5) is 0 Å². The van der Waals surface area contributed by atoms with Crippen molar-refractivity contribution in [3.63, 3.8) is 0 Å². The monoisotopic (exact) mass is 311 g/mol.